The first-order valence-corrected chi connectivity index (χ1v) is 7.94. The van der Waals surface area contributed by atoms with Crippen molar-refractivity contribution in [2.24, 2.45) is 17.0 Å². The summed E-state index contributed by atoms with van der Waals surface area (Å²) in [6, 6.07) is 9.61. The summed E-state index contributed by atoms with van der Waals surface area (Å²) in [6.45, 7) is 3.29. The summed E-state index contributed by atoms with van der Waals surface area (Å²) in [7, 11) is 6.62. The molecular weight excluding hydrogens is 276 g/mol. The van der Waals surface area contributed by atoms with Crippen molar-refractivity contribution < 1.29 is 14.1 Å². The second kappa shape index (κ2) is 7.05. The number of carbonyl (C=O) groups is 1. The first-order valence-electron chi connectivity index (χ1n) is 7.94. The molecule has 0 aliphatic heterocycles. The highest BCUT2D eigenvalue weighted by Gasteiger charge is 2.31. The Morgan fingerprint density at radius 2 is 1.95 bits per heavy atom. The van der Waals surface area contributed by atoms with E-state index in [0.717, 1.165) is 35.1 Å². The molecule has 1 saturated carbocycles. The largest absolute Gasteiger partial charge is 0.339 e. The Labute approximate surface area is 133 Å². The van der Waals surface area contributed by atoms with Gasteiger partial charge in [-0.25, -0.2) is 4.79 Å². The number of oxime groups is 1. The van der Waals surface area contributed by atoms with Crippen LogP contribution in [0.5, 0.6) is 0 Å². The molecular formula is C18H27N2O2+. The van der Waals surface area contributed by atoms with Crippen molar-refractivity contribution in [1.82, 2.24) is 0 Å². The van der Waals surface area contributed by atoms with Crippen LogP contribution in [0.4, 0.5) is 0 Å². The second-order valence-corrected chi connectivity index (χ2v) is 7.39. The van der Waals surface area contributed by atoms with Crippen molar-refractivity contribution in [2.45, 2.75) is 26.2 Å². The molecule has 120 valence electrons. The minimum Gasteiger partial charge on any atom is -0.331 e. The van der Waals surface area contributed by atoms with Crippen LogP contribution in [0.3, 0.4) is 0 Å². The lowest BCUT2D eigenvalue weighted by atomic mass is 10.1. The SMILES string of the molecule is C[C@@H]1C[C@H](C[N+](C)(C)C)C/C1=N\OC(=O)Cc1ccccc1. The molecule has 2 atom stereocenters. The van der Waals surface area contributed by atoms with Gasteiger partial charge in [-0.05, 0) is 24.3 Å². The lowest BCUT2D eigenvalue weighted by molar-refractivity contribution is -0.873. The van der Waals surface area contributed by atoms with Gasteiger partial charge in [0.25, 0.3) is 0 Å². The van der Waals surface area contributed by atoms with E-state index in [2.05, 4.69) is 33.2 Å². The highest BCUT2D eigenvalue weighted by molar-refractivity contribution is 5.88. The highest BCUT2D eigenvalue weighted by Crippen LogP contribution is 2.30. The van der Waals surface area contributed by atoms with E-state index < -0.39 is 0 Å². The molecule has 1 aromatic rings. The molecule has 4 nitrogen and oxygen atoms in total. The van der Waals surface area contributed by atoms with E-state index in [9.17, 15) is 4.79 Å². The lowest BCUT2D eigenvalue weighted by Gasteiger charge is -2.27. The van der Waals surface area contributed by atoms with Gasteiger partial charge in [-0.3, -0.25) is 0 Å². The topological polar surface area (TPSA) is 38.7 Å². The Bertz CT molecular complexity index is 532. The first-order chi connectivity index (χ1) is 10.3. The number of hydrogen-bond donors (Lipinski definition) is 0. The van der Waals surface area contributed by atoms with Crippen molar-refractivity contribution in [2.75, 3.05) is 27.7 Å². The van der Waals surface area contributed by atoms with Gasteiger partial charge in [0.05, 0.1) is 39.8 Å². The van der Waals surface area contributed by atoms with Gasteiger partial charge in [-0.2, -0.15) is 0 Å². The maximum absolute atomic E-state index is 11.9. The van der Waals surface area contributed by atoms with Crippen LogP contribution in [0, 0.1) is 11.8 Å². The smallest absolute Gasteiger partial charge is 0.331 e. The number of quaternary nitrogens is 1. The van der Waals surface area contributed by atoms with Gasteiger partial charge in [0.15, 0.2) is 0 Å². The molecule has 0 unspecified atom stereocenters. The van der Waals surface area contributed by atoms with Crippen LogP contribution in [-0.2, 0) is 16.1 Å². The molecule has 0 heterocycles. The van der Waals surface area contributed by atoms with Crippen molar-refractivity contribution in [1.29, 1.82) is 0 Å². The third kappa shape index (κ3) is 5.26. The van der Waals surface area contributed by atoms with E-state index in [1.807, 2.05) is 30.3 Å². The van der Waals surface area contributed by atoms with Gasteiger partial charge in [0.2, 0.25) is 0 Å². The molecule has 0 amide bonds. The molecule has 2 rings (SSSR count). The molecule has 0 bridgehead atoms. The van der Waals surface area contributed by atoms with Crippen LogP contribution in [0.15, 0.2) is 35.5 Å². The predicted molar refractivity (Wildman–Crippen MR) is 88.5 cm³/mol. The fraction of sp³-hybridized carbons (Fsp3) is 0.556. The normalized spacial score (nSPS) is 23.7. The van der Waals surface area contributed by atoms with E-state index in [0.29, 0.717) is 11.8 Å². The summed E-state index contributed by atoms with van der Waals surface area (Å²) in [6.07, 6.45) is 2.34. The average molecular weight is 303 g/mol. The van der Waals surface area contributed by atoms with E-state index in [1.54, 1.807) is 0 Å². The fourth-order valence-electron chi connectivity index (χ4n) is 3.16. The van der Waals surface area contributed by atoms with Gasteiger partial charge in [-0.1, -0.05) is 42.4 Å². The van der Waals surface area contributed by atoms with Gasteiger partial charge < -0.3 is 9.32 Å². The molecule has 1 aromatic carbocycles. The van der Waals surface area contributed by atoms with E-state index in [4.69, 9.17) is 4.84 Å². The number of carbonyl (C=O) groups excluding carboxylic acids is 1. The summed E-state index contributed by atoms with van der Waals surface area (Å²) in [5, 5.41) is 4.14. The summed E-state index contributed by atoms with van der Waals surface area (Å²) < 4.78 is 0.957. The molecule has 1 fully saturated rings. The Balaban J connectivity index is 1.86. The number of nitrogens with zero attached hydrogens (tertiary/aromatic N) is 2. The minimum atomic E-state index is -0.291. The Hall–Kier alpha value is -1.68. The average Bonchev–Trinajstić information content (AvgIpc) is 2.75. The maximum atomic E-state index is 11.9. The van der Waals surface area contributed by atoms with Crippen molar-refractivity contribution >= 4 is 11.7 Å². The van der Waals surface area contributed by atoms with Crippen LogP contribution >= 0.6 is 0 Å². The zero-order chi connectivity index (χ0) is 16.2. The first kappa shape index (κ1) is 16.7. The molecule has 0 radical (unpaired) electrons. The van der Waals surface area contributed by atoms with Crippen LogP contribution in [0.2, 0.25) is 0 Å². The van der Waals surface area contributed by atoms with E-state index in [1.165, 1.54) is 0 Å². The van der Waals surface area contributed by atoms with E-state index >= 15 is 0 Å². The highest BCUT2D eigenvalue weighted by atomic mass is 16.7. The molecule has 4 heteroatoms. The molecule has 0 N–H and O–H groups in total. The predicted octanol–water partition coefficient (Wildman–Crippen LogP) is 2.88. The minimum absolute atomic E-state index is 0.272. The molecule has 0 saturated heterocycles. The molecule has 1 aliphatic carbocycles. The van der Waals surface area contributed by atoms with Gasteiger partial charge in [0.1, 0.15) is 0 Å². The third-order valence-corrected chi connectivity index (χ3v) is 4.02. The number of benzene rings is 1. The zero-order valence-corrected chi connectivity index (χ0v) is 14.1. The Kier molecular flexibility index (Phi) is 5.35. The van der Waals surface area contributed by atoms with E-state index in [-0.39, 0.29) is 12.4 Å². The molecule has 0 aromatic heterocycles. The third-order valence-electron chi connectivity index (χ3n) is 4.02. The van der Waals surface area contributed by atoms with Gasteiger partial charge >= 0.3 is 5.97 Å². The maximum Gasteiger partial charge on any atom is 0.339 e. The number of rotatable bonds is 5. The fourth-order valence-corrected chi connectivity index (χ4v) is 3.16. The Morgan fingerprint density at radius 1 is 1.27 bits per heavy atom. The molecule has 1 aliphatic rings. The van der Waals surface area contributed by atoms with Gasteiger partial charge in [-0.15, -0.1) is 0 Å². The van der Waals surface area contributed by atoms with Crippen molar-refractivity contribution in [3.8, 4) is 0 Å². The quantitative estimate of drug-likeness (QED) is 0.476. The standard InChI is InChI=1S/C18H27N2O2/c1-14-10-16(13-20(2,3)4)11-17(14)19-22-18(21)12-15-8-6-5-7-9-15/h5-9,14,16H,10-13H2,1-4H3/q+1/b19-17+/t14-,16+/m1/s1. The molecule has 22 heavy (non-hydrogen) atoms. The van der Waals surface area contributed by atoms with Crippen molar-refractivity contribution in [3.05, 3.63) is 35.9 Å². The van der Waals surface area contributed by atoms with Crippen LogP contribution in [-0.4, -0.2) is 43.9 Å². The Morgan fingerprint density at radius 3 is 2.59 bits per heavy atom. The summed E-state index contributed by atoms with van der Waals surface area (Å²) in [4.78, 5) is 17.0. The van der Waals surface area contributed by atoms with Crippen LogP contribution in [0.1, 0.15) is 25.3 Å². The number of hydrogen-bond acceptors (Lipinski definition) is 3. The van der Waals surface area contributed by atoms with Crippen LogP contribution in [0.25, 0.3) is 0 Å². The second-order valence-electron chi connectivity index (χ2n) is 7.39. The summed E-state index contributed by atoms with van der Waals surface area (Å²) >= 11 is 0. The lowest BCUT2D eigenvalue weighted by Crippen LogP contribution is -2.38. The van der Waals surface area contributed by atoms with Gasteiger partial charge in [0, 0.05) is 5.92 Å². The summed E-state index contributed by atoms with van der Waals surface area (Å²) in [5.74, 6) is 0.739. The van der Waals surface area contributed by atoms with Crippen LogP contribution < -0.4 is 0 Å². The van der Waals surface area contributed by atoms with Crippen molar-refractivity contribution in [3.63, 3.8) is 0 Å². The monoisotopic (exact) mass is 303 g/mol. The summed E-state index contributed by atoms with van der Waals surface area (Å²) in [5.41, 5.74) is 1.98. The molecule has 0 spiro atoms. The zero-order valence-electron chi connectivity index (χ0n) is 14.1.